The molecule has 0 amide bonds. The maximum Gasteiger partial charge on any atom is 0.342 e. The van der Waals surface area contributed by atoms with Gasteiger partial charge in [-0.25, -0.2) is 9.59 Å². The van der Waals surface area contributed by atoms with Crippen molar-refractivity contribution in [1.29, 1.82) is 0 Å². The maximum atomic E-state index is 14.0. The highest BCUT2D eigenvalue weighted by atomic mass is 17.2. The fraction of sp³-hybridized carbons (Fsp3) is 0.509. The number of rotatable bonds is 26. The van der Waals surface area contributed by atoms with Crippen LogP contribution in [0.25, 0.3) is 11.1 Å². The zero-order valence-corrected chi connectivity index (χ0v) is 40.2. The predicted molar refractivity (Wildman–Crippen MR) is 251 cm³/mol. The van der Waals surface area contributed by atoms with Gasteiger partial charge in [0.25, 0.3) is 0 Å². The molecule has 0 radical (unpaired) electrons. The number of ether oxygens (including phenoxy) is 8. The van der Waals surface area contributed by atoms with Gasteiger partial charge in [-0.2, -0.15) is 4.89 Å². The Balaban J connectivity index is 1.69. The Morgan fingerprint density at radius 2 is 0.954 bits per heavy atom. The van der Waals surface area contributed by atoms with Crippen molar-refractivity contribution in [3.05, 3.63) is 117 Å². The highest BCUT2D eigenvalue weighted by Gasteiger charge is 2.48. The van der Waals surface area contributed by atoms with Gasteiger partial charge in [-0.15, -0.1) is 0 Å². The minimum atomic E-state index is -1.08. The average Bonchev–Trinajstić information content (AvgIpc) is 3.57. The second-order valence-corrected chi connectivity index (χ2v) is 17.8. The summed E-state index contributed by atoms with van der Waals surface area (Å²) in [7, 11) is 1.63. The number of benzene rings is 4. The average molecular weight is 899 g/mol. The fourth-order valence-electron chi connectivity index (χ4n) is 7.85. The zero-order chi connectivity index (χ0) is 47.0. The number of fused-ring (bicyclic) bond motifs is 3. The van der Waals surface area contributed by atoms with Crippen LogP contribution in [0.2, 0.25) is 0 Å². The minimum absolute atomic E-state index is 0.119. The first kappa shape index (κ1) is 51.2. The molecular weight excluding hydrogens is 829 g/mol. The van der Waals surface area contributed by atoms with Gasteiger partial charge in [0, 0.05) is 13.7 Å². The van der Waals surface area contributed by atoms with Gasteiger partial charge in [-0.1, -0.05) is 97.0 Å². The molecule has 0 aromatic heterocycles. The van der Waals surface area contributed by atoms with Gasteiger partial charge in [-0.3, -0.25) is 0 Å². The van der Waals surface area contributed by atoms with E-state index in [1.54, 1.807) is 27.0 Å². The molecule has 0 unspecified atom stereocenters. The molecular formula is C53H70O12. The van der Waals surface area contributed by atoms with Gasteiger partial charge >= 0.3 is 11.9 Å². The molecule has 1 aliphatic carbocycles. The van der Waals surface area contributed by atoms with Gasteiger partial charge in [0.1, 0.15) is 30.1 Å². The summed E-state index contributed by atoms with van der Waals surface area (Å²) in [5.74, 6) is -0.544. The molecule has 0 saturated carbocycles. The van der Waals surface area contributed by atoms with Crippen LogP contribution in [0.5, 0.6) is 11.5 Å². The normalized spacial score (nSPS) is 13.0. The summed E-state index contributed by atoms with van der Waals surface area (Å²) in [5, 5.41) is 0. The molecule has 4 aromatic rings. The van der Waals surface area contributed by atoms with Gasteiger partial charge in [-0.05, 0) is 99.9 Å². The van der Waals surface area contributed by atoms with Crippen LogP contribution in [0.1, 0.15) is 123 Å². The molecule has 354 valence electrons. The number of carbonyl (C=O) groups excluding carboxylic acids is 2. The number of esters is 2. The van der Waals surface area contributed by atoms with E-state index in [9.17, 15) is 9.59 Å². The van der Waals surface area contributed by atoms with Gasteiger partial charge in [0.05, 0.1) is 71.5 Å². The van der Waals surface area contributed by atoms with Crippen LogP contribution >= 0.6 is 0 Å². The molecule has 0 bridgehead atoms. The van der Waals surface area contributed by atoms with E-state index < -0.39 is 17.4 Å². The van der Waals surface area contributed by atoms with Crippen molar-refractivity contribution in [2.75, 3.05) is 93.0 Å². The Morgan fingerprint density at radius 3 is 1.43 bits per heavy atom. The van der Waals surface area contributed by atoms with E-state index in [1.807, 2.05) is 30.3 Å². The summed E-state index contributed by atoms with van der Waals surface area (Å²) in [5.41, 5.74) is 6.78. The summed E-state index contributed by atoms with van der Waals surface area (Å²) < 4.78 is 45.0. The van der Waals surface area contributed by atoms with Gasteiger partial charge in [0.2, 0.25) is 0 Å². The lowest BCUT2D eigenvalue weighted by Gasteiger charge is -2.36. The highest BCUT2D eigenvalue weighted by Crippen LogP contribution is 2.58. The van der Waals surface area contributed by atoms with Crippen molar-refractivity contribution < 1.29 is 57.3 Å². The lowest BCUT2D eigenvalue weighted by atomic mass is 9.66. The van der Waals surface area contributed by atoms with Crippen molar-refractivity contribution in [3.63, 3.8) is 0 Å². The first-order chi connectivity index (χ1) is 31.2. The van der Waals surface area contributed by atoms with Crippen molar-refractivity contribution >= 4 is 11.9 Å². The molecule has 0 saturated heterocycles. The lowest BCUT2D eigenvalue weighted by Crippen LogP contribution is -2.31. The third-order valence-corrected chi connectivity index (χ3v) is 11.2. The Morgan fingerprint density at radius 1 is 0.508 bits per heavy atom. The SMILES string of the molecule is CCCOCCOCCOOc1ccc(C2(c3ccc(OCCOCCOCCOC)c(C(=O)OCC)c3)c3cc(C(C)(C)C)ccc3-c3ccc(C(C)(C)C)cc32)cc1C(=O)OCC. The molecule has 5 rings (SSSR count). The lowest BCUT2D eigenvalue weighted by molar-refractivity contribution is -0.215. The molecule has 0 N–H and O–H groups in total. The first-order valence-electron chi connectivity index (χ1n) is 22.9. The highest BCUT2D eigenvalue weighted by molar-refractivity contribution is 5.96. The second-order valence-electron chi connectivity index (χ2n) is 17.8. The van der Waals surface area contributed by atoms with E-state index in [-0.39, 0.29) is 67.3 Å². The van der Waals surface area contributed by atoms with E-state index in [4.69, 9.17) is 47.7 Å². The van der Waals surface area contributed by atoms with Crippen molar-refractivity contribution in [2.45, 2.75) is 85.0 Å². The molecule has 1 aliphatic rings. The molecule has 65 heavy (non-hydrogen) atoms. The van der Waals surface area contributed by atoms with Crippen LogP contribution < -0.4 is 9.62 Å². The van der Waals surface area contributed by atoms with Gasteiger partial charge in [0.15, 0.2) is 5.75 Å². The predicted octanol–water partition coefficient (Wildman–Crippen LogP) is 9.81. The topological polar surface area (TPSA) is 126 Å². The first-order valence-corrected chi connectivity index (χ1v) is 22.9. The number of methoxy groups -OCH3 is 1. The zero-order valence-electron chi connectivity index (χ0n) is 40.2. The molecule has 0 heterocycles. The number of hydrogen-bond donors (Lipinski definition) is 0. The molecule has 0 fully saturated rings. The van der Waals surface area contributed by atoms with Crippen molar-refractivity contribution in [2.24, 2.45) is 0 Å². The number of carbonyl (C=O) groups is 2. The monoisotopic (exact) mass is 898 g/mol. The molecule has 4 aromatic carbocycles. The molecule has 0 aliphatic heterocycles. The smallest absolute Gasteiger partial charge is 0.342 e. The van der Waals surface area contributed by atoms with E-state index in [0.717, 1.165) is 50.9 Å². The fourth-order valence-corrected chi connectivity index (χ4v) is 7.85. The standard InChI is InChI=1S/C53H70O12/c1-11-22-57-25-26-60-30-32-64-65-48-21-17-40(34-44(48)50(55)62-13-3)53(39-16-20-47(43(33-39)49(54)61-12-2)63-31-29-59-28-27-58-24-23-56-10)45-35-37(51(4,5)6)14-18-41(45)42-19-15-38(36-46(42)53)52(7,8)9/h14-21,33-36H,11-13,22-32H2,1-10H3. The largest absolute Gasteiger partial charge is 0.490 e. The van der Waals surface area contributed by atoms with E-state index >= 15 is 0 Å². The van der Waals surface area contributed by atoms with Crippen LogP contribution in [-0.4, -0.2) is 105 Å². The summed E-state index contributed by atoms with van der Waals surface area (Å²) in [6.07, 6.45) is 0.939. The van der Waals surface area contributed by atoms with Crippen LogP contribution in [0, 0.1) is 0 Å². The van der Waals surface area contributed by atoms with Crippen molar-refractivity contribution in [3.8, 4) is 22.6 Å². The third-order valence-electron chi connectivity index (χ3n) is 11.2. The summed E-state index contributed by atoms with van der Waals surface area (Å²) in [6.45, 7) is 23.3. The maximum absolute atomic E-state index is 14.0. The minimum Gasteiger partial charge on any atom is -0.490 e. The summed E-state index contributed by atoms with van der Waals surface area (Å²) >= 11 is 0. The van der Waals surface area contributed by atoms with Crippen molar-refractivity contribution in [1.82, 2.24) is 0 Å². The van der Waals surface area contributed by atoms with Crippen LogP contribution in [0.4, 0.5) is 0 Å². The Labute approximate surface area is 386 Å². The Bertz CT molecular complexity index is 2010. The molecule has 0 spiro atoms. The van der Waals surface area contributed by atoms with Crippen LogP contribution in [0.3, 0.4) is 0 Å². The van der Waals surface area contributed by atoms with Crippen LogP contribution in [-0.2, 0) is 54.3 Å². The molecule has 12 nitrogen and oxygen atoms in total. The summed E-state index contributed by atoms with van der Waals surface area (Å²) in [4.78, 5) is 39.4. The van der Waals surface area contributed by atoms with Gasteiger partial charge < -0.3 is 42.8 Å². The quantitative estimate of drug-likeness (QED) is 0.0227. The number of hydrogen-bond acceptors (Lipinski definition) is 12. The van der Waals surface area contributed by atoms with E-state index in [1.165, 1.54) is 0 Å². The van der Waals surface area contributed by atoms with Crippen LogP contribution in [0.15, 0.2) is 72.8 Å². The second kappa shape index (κ2) is 24.1. The molecule has 0 atom stereocenters. The Hall–Kier alpha value is -4.82. The molecule has 12 heteroatoms. The van der Waals surface area contributed by atoms with E-state index in [0.29, 0.717) is 52.0 Å². The Kier molecular flexibility index (Phi) is 19.0. The summed E-state index contributed by atoms with van der Waals surface area (Å²) in [6, 6.07) is 24.5. The third kappa shape index (κ3) is 12.8. The van der Waals surface area contributed by atoms with E-state index in [2.05, 4.69) is 84.9 Å².